The van der Waals surface area contributed by atoms with Gasteiger partial charge in [0.05, 0.1) is 26.4 Å². The molecule has 0 bridgehead atoms. The summed E-state index contributed by atoms with van der Waals surface area (Å²) in [6.07, 6.45) is 7.90. The van der Waals surface area contributed by atoms with Crippen LogP contribution in [0, 0.1) is 0 Å². The molecule has 210 valence electrons. The highest BCUT2D eigenvalue weighted by Gasteiger charge is 2.17. The number of hydrogen-bond acceptors (Lipinski definition) is 10. The van der Waals surface area contributed by atoms with Crippen molar-refractivity contribution in [2.45, 2.75) is 70.9 Å². The van der Waals surface area contributed by atoms with Crippen LogP contribution in [0.2, 0.25) is 0 Å². The van der Waals surface area contributed by atoms with Crippen LogP contribution in [0.15, 0.2) is 24.3 Å². The summed E-state index contributed by atoms with van der Waals surface area (Å²) in [6, 6.07) is 7.91. The van der Waals surface area contributed by atoms with Gasteiger partial charge >= 0.3 is 0 Å². The van der Waals surface area contributed by atoms with Crippen LogP contribution in [0.4, 0.5) is 23.5 Å². The average Bonchev–Trinajstić information content (AvgIpc) is 2.93. The van der Waals surface area contributed by atoms with Gasteiger partial charge in [0.15, 0.2) is 0 Å². The maximum atomic E-state index is 12.6. The molecule has 0 saturated heterocycles. The number of nitrogens with two attached hydrogens (primary N) is 1. The Morgan fingerprint density at radius 3 is 2.42 bits per heavy atom. The Bertz CT molecular complexity index is 967. The van der Waals surface area contributed by atoms with Gasteiger partial charge in [-0.05, 0) is 43.9 Å². The summed E-state index contributed by atoms with van der Waals surface area (Å²) < 4.78 is 10.7. The molecule has 38 heavy (non-hydrogen) atoms. The minimum Gasteiger partial charge on any atom is -0.378 e. The van der Waals surface area contributed by atoms with Gasteiger partial charge in [0.1, 0.15) is 0 Å². The van der Waals surface area contributed by atoms with Gasteiger partial charge in [0.2, 0.25) is 17.8 Å². The zero-order valence-corrected chi connectivity index (χ0v) is 22.8. The second kappa shape index (κ2) is 16.7. The number of aromatic nitrogens is 3. The Morgan fingerprint density at radius 2 is 1.68 bits per heavy atom. The smallest absolute Gasteiger partial charge is 0.251 e. The number of carbonyl (C=O) groups excluding carboxylic acids is 1. The van der Waals surface area contributed by atoms with Crippen molar-refractivity contribution in [1.82, 2.24) is 20.3 Å². The van der Waals surface area contributed by atoms with Gasteiger partial charge in [-0.25, -0.2) is 0 Å². The highest BCUT2D eigenvalue weighted by Crippen LogP contribution is 2.23. The molecule has 1 heterocycles. The standard InChI is InChI=1S/C27H44N8O3/c1-3-21(4-2)30-25-33-26(31-22-10-6-5-7-11-22)35-27(34-25)32-23-12-8-9-20(19-23)24(36)29-14-16-38-18-17-37-15-13-28/h8-9,12,19,21-22H,3-7,10-11,13-18,28H2,1-2H3,(H,29,36)(H3,30,31,32,33,34,35). The molecule has 1 fully saturated rings. The molecular formula is C27H44N8O3. The monoisotopic (exact) mass is 528 g/mol. The maximum Gasteiger partial charge on any atom is 0.251 e. The molecule has 1 aliphatic carbocycles. The van der Waals surface area contributed by atoms with Crippen LogP contribution in [0.25, 0.3) is 0 Å². The highest BCUT2D eigenvalue weighted by molar-refractivity contribution is 5.95. The first kappa shape index (κ1) is 29.5. The third-order valence-corrected chi connectivity index (χ3v) is 6.44. The van der Waals surface area contributed by atoms with E-state index in [0.29, 0.717) is 74.7 Å². The molecule has 11 heteroatoms. The molecule has 6 N–H and O–H groups in total. The quantitative estimate of drug-likeness (QED) is 0.193. The number of hydrogen-bond donors (Lipinski definition) is 5. The highest BCUT2D eigenvalue weighted by atomic mass is 16.5. The second-order valence-corrected chi connectivity index (χ2v) is 9.42. The first-order valence-corrected chi connectivity index (χ1v) is 13.9. The summed E-state index contributed by atoms with van der Waals surface area (Å²) in [5.41, 5.74) is 6.63. The van der Waals surface area contributed by atoms with Crippen molar-refractivity contribution in [3.05, 3.63) is 29.8 Å². The Hall–Kier alpha value is -3.02. The van der Waals surface area contributed by atoms with Crippen LogP contribution in [0.1, 0.15) is 69.2 Å². The third kappa shape index (κ3) is 10.4. The molecule has 0 spiro atoms. The fraction of sp³-hybridized carbons (Fsp3) is 0.630. The molecule has 0 radical (unpaired) electrons. The molecule has 1 aromatic carbocycles. The Kier molecular flexibility index (Phi) is 13.0. The van der Waals surface area contributed by atoms with Gasteiger partial charge in [-0.3, -0.25) is 4.79 Å². The maximum absolute atomic E-state index is 12.6. The van der Waals surface area contributed by atoms with Gasteiger partial charge in [-0.15, -0.1) is 0 Å². The van der Waals surface area contributed by atoms with Crippen LogP contribution in [-0.2, 0) is 9.47 Å². The van der Waals surface area contributed by atoms with Crippen molar-refractivity contribution in [2.75, 3.05) is 55.5 Å². The Morgan fingerprint density at radius 1 is 0.974 bits per heavy atom. The number of anilines is 4. The van der Waals surface area contributed by atoms with Gasteiger partial charge in [-0.2, -0.15) is 15.0 Å². The van der Waals surface area contributed by atoms with Crippen LogP contribution < -0.4 is 27.0 Å². The molecule has 0 aliphatic heterocycles. The van der Waals surface area contributed by atoms with E-state index < -0.39 is 0 Å². The predicted octanol–water partition coefficient (Wildman–Crippen LogP) is 3.68. The Balaban J connectivity index is 1.61. The molecule has 1 aromatic heterocycles. The van der Waals surface area contributed by atoms with Crippen molar-refractivity contribution in [3.63, 3.8) is 0 Å². The van der Waals surface area contributed by atoms with Crippen molar-refractivity contribution in [1.29, 1.82) is 0 Å². The van der Waals surface area contributed by atoms with Gasteiger partial charge < -0.3 is 36.5 Å². The minimum absolute atomic E-state index is 0.178. The van der Waals surface area contributed by atoms with E-state index in [9.17, 15) is 4.79 Å². The van der Waals surface area contributed by atoms with Crippen molar-refractivity contribution >= 4 is 29.4 Å². The van der Waals surface area contributed by atoms with Gasteiger partial charge in [0.25, 0.3) is 5.91 Å². The summed E-state index contributed by atoms with van der Waals surface area (Å²) >= 11 is 0. The predicted molar refractivity (Wildman–Crippen MR) is 151 cm³/mol. The number of nitrogens with zero attached hydrogens (tertiary/aromatic N) is 3. The molecule has 1 aliphatic rings. The van der Waals surface area contributed by atoms with E-state index in [1.807, 2.05) is 12.1 Å². The van der Waals surface area contributed by atoms with E-state index in [4.69, 9.17) is 15.2 Å². The van der Waals surface area contributed by atoms with Crippen LogP contribution in [-0.4, -0.2) is 72.5 Å². The fourth-order valence-corrected chi connectivity index (χ4v) is 4.28. The average molecular weight is 529 g/mol. The number of benzene rings is 1. The van der Waals surface area contributed by atoms with E-state index in [0.717, 1.165) is 25.7 Å². The second-order valence-electron chi connectivity index (χ2n) is 9.42. The normalized spacial score (nSPS) is 13.9. The lowest BCUT2D eigenvalue weighted by atomic mass is 9.96. The molecule has 3 rings (SSSR count). The lowest BCUT2D eigenvalue weighted by molar-refractivity contribution is 0.0511. The summed E-state index contributed by atoms with van der Waals surface area (Å²) in [6.45, 7) is 7.06. The van der Waals surface area contributed by atoms with Gasteiger partial charge in [-0.1, -0.05) is 39.2 Å². The number of nitrogens with one attached hydrogen (secondary N) is 4. The fourth-order valence-electron chi connectivity index (χ4n) is 4.28. The zero-order valence-electron chi connectivity index (χ0n) is 22.8. The first-order valence-electron chi connectivity index (χ1n) is 13.9. The lowest BCUT2D eigenvalue weighted by Gasteiger charge is -2.23. The molecule has 0 unspecified atom stereocenters. The first-order chi connectivity index (χ1) is 18.6. The number of carbonyl (C=O) groups is 1. The summed E-state index contributed by atoms with van der Waals surface area (Å²) in [4.78, 5) is 26.5. The van der Waals surface area contributed by atoms with E-state index in [1.54, 1.807) is 12.1 Å². The van der Waals surface area contributed by atoms with E-state index >= 15 is 0 Å². The Labute approximate surface area is 226 Å². The molecule has 11 nitrogen and oxygen atoms in total. The lowest BCUT2D eigenvalue weighted by Crippen LogP contribution is -2.27. The van der Waals surface area contributed by atoms with Crippen molar-refractivity contribution < 1.29 is 14.3 Å². The van der Waals surface area contributed by atoms with Crippen molar-refractivity contribution in [2.24, 2.45) is 5.73 Å². The molecule has 1 saturated carbocycles. The van der Waals surface area contributed by atoms with Crippen molar-refractivity contribution in [3.8, 4) is 0 Å². The van der Waals surface area contributed by atoms with E-state index in [1.165, 1.54) is 19.3 Å². The molecule has 1 amide bonds. The number of amides is 1. The number of rotatable bonds is 17. The largest absolute Gasteiger partial charge is 0.378 e. The van der Waals surface area contributed by atoms with E-state index in [2.05, 4.69) is 50.1 Å². The van der Waals surface area contributed by atoms with Gasteiger partial charge in [0, 0.05) is 36.4 Å². The SMILES string of the molecule is CCC(CC)Nc1nc(Nc2cccc(C(=O)NCCOCCOCCN)c2)nc(NC2CCCCC2)n1. The summed E-state index contributed by atoms with van der Waals surface area (Å²) in [7, 11) is 0. The number of ether oxygens (including phenoxy) is 2. The third-order valence-electron chi connectivity index (χ3n) is 6.44. The van der Waals surface area contributed by atoms with Crippen LogP contribution >= 0.6 is 0 Å². The van der Waals surface area contributed by atoms with Crippen LogP contribution in [0.5, 0.6) is 0 Å². The van der Waals surface area contributed by atoms with E-state index in [-0.39, 0.29) is 11.9 Å². The summed E-state index contributed by atoms with van der Waals surface area (Å²) in [5.74, 6) is 1.35. The minimum atomic E-state index is -0.178. The topological polar surface area (TPSA) is 148 Å². The summed E-state index contributed by atoms with van der Waals surface area (Å²) in [5, 5.41) is 13.1. The molecular weight excluding hydrogens is 484 g/mol. The molecule has 0 atom stereocenters. The van der Waals surface area contributed by atoms with Crippen LogP contribution in [0.3, 0.4) is 0 Å². The zero-order chi connectivity index (χ0) is 27.0. The molecule has 2 aromatic rings.